The average Bonchev–Trinajstić information content (AvgIpc) is 3.88. The Bertz CT molecular complexity index is 2020. The first-order valence-electron chi connectivity index (χ1n) is 18.3. The molecule has 1 spiro atoms. The molecule has 1 saturated carbocycles. The van der Waals surface area contributed by atoms with Crippen LogP contribution in [0.5, 0.6) is 23.0 Å². The summed E-state index contributed by atoms with van der Waals surface area (Å²) in [6.45, 7) is 1.46. The molecule has 3 atom stereocenters. The molecule has 8 rings (SSSR count). The minimum atomic E-state index is -1.37. The van der Waals surface area contributed by atoms with Gasteiger partial charge in [0.05, 0.1) is 49.2 Å². The molecule has 0 aromatic heterocycles. The lowest BCUT2D eigenvalue weighted by Crippen LogP contribution is -2.38. The number of esters is 1. The van der Waals surface area contributed by atoms with Crippen molar-refractivity contribution < 1.29 is 53.4 Å². The standard InChI is InChI=1S/C39H41N3O11S/c43-21-5-7-26-28(18-21)52-29-19-22(44)17-25-34-27(8-6-24-36(34)39(26,35(25)29)53-38(24)49)41-32(46)10-13-50-15-16-51-14-11-40-31(45)9-12-42-33(47)20-30(37(42)48)54-23-3-1-2-4-23/h5-8,17-19,23,30-31,40,43-45H,1-4,9-16,20H2,(H,41,46). The van der Waals surface area contributed by atoms with E-state index in [0.29, 0.717) is 57.5 Å². The van der Waals surface area contributed by atoms with E-state index in [1.807, 2.05) is 0 Å². The number of likely N-dealkylation sites (tertiary alicyclic amines) is 1. The number of phenols is 2. The van der Waals surface area contributed by atoms with Crippen LogP contribution in [0.15, 0.2) is 42.5 Å². The zero-order chi connectivity index (χ0) is 37.6. The number of imide groups is 1. The van der Waals surface area contributed by atoms with Crippen molar-refractivity contribution in [2.24, 2.45) is 0 Å². The second-order valence-corrected chi connectivity index (χ2v) is 15.5. The lowest BCUT2D eigenvalue weighted by molar-refractivity contribution is -0.138. The van der Waals surface area contributed by atoms with Gasteiger partial charge in [0.25, 0.3) is 0 Å². The number of nitrogens with one attached hydrogen (secondary N) is 2. The van der Waals surface area contributed by atoms with Crippen molar-refractivity contribution in [3.05, 3.63) is 64.7 Å². The summed E-state index contributed by atoms with van der Waals surface area (Å²) in [5.74, 6) is -0.749. The topological polar surface area (TPSA) is 193 Å². The normalized spacial score (nSPS) is 21.2. The number of thioether (sulfide) groups is 1. The van der Waals surface area contributed by atoms with E-state index >= 15 is 0 Å². The molecule has 284 valence electrons. The van der Waals surface area contributed by atoms with Crippen LogP contribution >= 0.6 is 11.8 Å². The van der Waals surface area contributed by atoms with Crippen molar-refractivity contribution in [1.29, 1.82) is 0 Å². The lowest BCUT2D eigenvalue weighted by Gasteiger charge is -2.34. The van der Waals surface area contributed by atoms with Crippen LogP contribution in [0.3, 0.4) is 0 Å². The number of amides is 3. The summed E-state index contributed by atoms with van der Waals surface area (Å²) in [6, 6.07) is 10.8. The predicted molar refractivity (Wildman–Crippen MR) is 196 cm³/mol. The highest BCUT2D eigenvalue weighted by Gasteiger charge is 2.60. The largest absolute Gasteiger partial charge is 0.508 e. The van der Waals surface area contributed by atoms with Gasteiger partial charge in [0.2, 0.25) is 17.7 Å². The Balaban J connectivity index is 0.780. The van der Waals surface area contributed by atoms with Crippen LogP contribution in [0.1, 0.15) is 72.0 Å². The highest BCUT2D eigenvalue weighted by atomic mass is 32.2. The van der Waals surface area contributed by atoms with Crippen LogP contribution in [-0.2, 0) is 34.2 Å². The molecule has 15 heteroatoms. The van der Waals surface area contributed by atoms with Gasteiger partial charge in [-0.15, -0.1) is 11.8 Å². The number of benzene rings is 3. The number of nitrogens with zero attached hydrogens (tertiary/aromatic N) is 1. The second kappa shape index (κ2) is 14.9. The predicted octanol–water partition coefficient (Wildman–Crippen LogP) is 4.11. The fourth-order valence-electron chi connectivity index (χ4n) is 8.12. The zero-order valence-corrected chi connectivity index (χ0v) is 30.2. The van der Waals surface area contributed by atoms with Crippen LogP contribution in [0.4, 0.5) is 5.69 Å². The highest BCUT2D eigenvalue weighted by Crippen LogP contribution is 2.66. The number of aromatic hydroxyl groups is 2. The van der Waals surface area contributed by atoms with Crippen LogP contribution < -0.4 is 15.4 Å². The van der Waals surface area contributed by atoms with Crippen LogP contribution in [0.2, 0.25) is 0 Å². The van der Waals surface area contributed by atoms with Gasteiger partial charge in [0.15, 0.2) is 5.60 Å². The second-order valence-electron chi connectivity index (χ2n) is 14.0. The minimum Gasteiger partial charge on any atom is -0.508 e. The molecule has 3 amide bonds. The zero-order valence-electron chi connectivity index (χ0n) is 29.4. The number of fused-ring (bicyclic) bond motifs is 2. The molecule has 2 fully saturated rings. The number of carbonyl (C=O) groups is 4. The van der Waals surface area contributed by atoms with E-state index in [1.54, 1.807) is 36.0 Å². The Morgan fingerprint density at radius 2 is 1.72 bits per heavy atom. The van der Waals surface area contributed by atoms with Gasteiger partial charge in [-0.1, -0.05) is 12.8 Å². The van der Waals surface area contributed by atoms with E-state index in [2.05, 4.69) is 10.6 Å². The van der Waals surface area contributed by atoms with Crippen molar-refractivity contribution in [3.63, 3.8) is 0 Å². The summed E-state index contributed by atoms with van der Waals surface area (Å²) in [7, 11) is 0. The number of anilines is 1. The summed E-state index contributed by atoms with van der Waals surface area (Å²) in [5.41, 5.74) is 2.07. The van der Waals surface area contributed by atoms with Crippen molar-refractivity contribution in [2.45, 2.75) is 67.3 Å². The SMILES string of the molecule is O=C(CCOCCOCCNC(O)CCN1C(=O)CC(SC2CCCC2)C1=O)Nc1ccc2c3c1-c1cc(O)cc4c1C3(OC2=O)c1ccc(O)cc1O4. The third kappa shape index (κ3) is 6.57. The number of ether oxygens (including phenoxy) is 4. The smallest absolute Gasteiger partial charge is 0.340 e. The molecule has 3 unspecified atom stereocenters. The van der Waals surface area contributed by atoms with E-state index < -0.39 is 17.8 Å². The number of aliphatic hydroxyl groups is 1. The summed E-state index contributed by atoms with van der Waals surface area (Å²) < 4.78 is 23.4. The van der Waals surface area contributed by atoms with Gasteiger partial charge >= 0.3 is 5.97 Å². The first-order valence-corrected chi connectivity index (χ1v) is 19.2. The molecular weight excluding hydrogens is 719 g/mol. The number of aliphatic hydroxyl groups excluding tert-OH is 1. The molecular formula is C39H41N3O11S. The van der Waals surface area contributed by atoms with E-state index in [4.69, 9.17) is 18.9 Å². The number of hydrogen-bond acceptors (Lipinski definition) is 13. The number of rotatable bonds is 16. The van der Waals surface area contributed by atoms with Gasteiger partial charge < -0.3 is 39.6 Å². The summed E-state index contributed by atoms with van der Waals surface area (Å²) in [4.78, 5) is 52.7. The molecule has 1 saturated heterocycles. The fourth-order valence-corrected chi connectivity index (χ4v) is 9.67. The van der Waals surface area contributed by atoms with E-state index in [1.165, 1.54) is 35.9 Å². The van der Waals surface area contributed by atoms with Crippen molar-refractivity contribution in [3.8, 4) is 34.1 Å². The monoisotopic (exact) mass is 759 g/mol. The van der Waals surface area contributed by atoms with Gasteiger partial charge in [-0.25, -0.2) is 4.79 Å². The van der Waals surface area contributed by atoms with Gasteiger partial charge in [-0.05, 0) is 48.7 Å². The maximum absolute atomic E-state index is 13.2. The van der Waals surface area contributed by atoms with Crippen molar-refractivity contribution >= 4 is 41.1 Å². The molecule has 3 aliphatic heterocycles. The third-order valence-corrected chi connectivity index (χ3v) is 12.1. The van der Waals surface area contributed by atoms with Crippen molar-refractivity contribution in [2.75, 3.05) is 44.8 Å². The van der Waals surface area contributed by atoms with E-state index in [0.717, 1.165) is 12.8 Å². The lowest BCUT2D eigenvalue weighted by atomic mass is 9.81. The minimum absolute atomic E-state index is 0.0376. The van der Waals surface area contributed by atoms with Crippen LogP contribution in [0.25, 0.3) is 11.1 Å². The maximum atomic E-state index is 13.2. The first kappa shape index (κ1) is 36.3. The number of hydrogen-bond donors (Lipinski definition) is 5. The summed E-state index contributed by atoms with van der Waals surface area (Å²) >= 11 is 1.63. The Kier molecular flexibility index (Phi) is 10.00. The molecule has 3 aromatic rings. The van der Waals surface area contributed by atoms with Crippen LogP contribution in [-0.4, -0.2) is 100 Å². The summed E-state index contributed by atoms with van der Waals surface area (Å²) in [5, 5.41) is 37.1. The van der Waals surface area contributed by atoms with Gasteiger partial charge in [-0.2, -0.15) is 0 Å². The number of phenolic OH excluding ortho intramolecular Hbond substituents is 2. The van der Waals surface area contributed by atoms with Crippen LogP contribution in [0, 0.1) is 0 Å². The van der Waals surface area contributed by atoms with E-state index in [9.17, 15) is 34.5 Å². The molecule has 14 nitrogen and oxygen atoms in total. The average molecular weight is 760 g/mol. The molecule has 0 bridgehead atoms. The molecule has 54 heavy (non-hydrogen) atoms. The Hall–Kier alpha value is -4.67. The molecule has 5 N–H and O–H groups in total. The maximum Gasteiger partial charge on any atom is 0.340 e. The Labute approximate surface area is 315 Å². The molecule has 2 aliphatic carbocycles. The molecule has 3 aromatic carbocycles. The Morgan fingerprint density at radius 1 is 0.944 bits per heavy atom. The number of carbonyl (C=O) groups excluding carboxylic acids is 4. The molecule has 3 heterocycles. The molecule has 0 radical (unpaired) electrons. The van der Waals surface area contributed by atoms with Gasteiger partial charge in [0, 0.05) is 65.7 Å². The van der Waals surface area contributed by atoms with E-state index in [-0.39, 0.29) is 91.6 Å². The fraction of sp³-hybridized carbons (Fsp3) is 0.436. The third-order valence-electron chi connectivity index (χ3n) is 10.5. The highest BCUT2D eigenvalue weighted by molar-refractivity contribution is 8.01. The van der Waals surface area contributed by atoms with Gasteiger partial charge in [-0.3, -0.25) is 24.6 Å². The van der Waals surface area contributed by atoms with Gasteiger partial charge in [0.1, 0.15) is 29.2 Å². The Morgan fingerprint density at radius 3 is 2.54 bits per heavy atom. The first-order chi connectivity index (χ1) is 26.1. The summed E-state index contributed by atoms with van der Waals surface area (Å²) in [6.07, 6.45) is 4.17. The quantitative estimate of drug-likeness (QED) is 0.0607. The van der Waals surface area contributed by atoms with Crippen molar-refractivity contribution in [1.82, 2.24) is 10.2 Å². The molecule has 5 aliphatic rings.